The van der Waals surface area contributed by atoms with Gasteiger partial charge in [0, 0.05) is 49.0 Å². The Bertz CT molecular complexity index is 3340. The number of aromatic nitrogens is 2. The Hall–Kier alpha value is -6.32. The summed E-state index contributed by atoms with van der Waals surface area (Å²) in [6.07, 6.45) is 0. The van der Waals surface area contributed by atoms with Gasteiger partial charge in [0.05, 0.1) is 16.7 Å². The molecule has 3 heteroatoms. The van der Waals surface area contributed by atoms with Crippen molar-refractivity contribution in [1.82, 2.24) is 9.13 Å². The molecule has 0 fully saturated rings. The lowest BCUT2D eigenvalue weighted by molar-refractivity contribution is 1.16. The van der Waals surface area contributed by atoms with Gasteiger partial charge in [-0.1, -0.05) is 133 Å². The number of fused-ring (bicyclic) bond motifs is 18. The standard InChI is InChI=1S/C46H25BN2/c1-2-12-27-24-39-36(23-26(27)11-1)34-19-9-21-37-43(34)48(39)46-29-14-4-3-13-28(29)25-40-42(46)47(37)38-22-10-20-35-41-32-17-7-5-15-30(32)31-16-6-8-18-33(31)45(41)49(40)44(35)38/h1-25H. The SMILES string of the molecule is c1ccc2cc3c(cc2c1)c1cccc2c1n3-c1c3c(cc4ccccc14)-n1c4c(cccc4c4c5ccccc5c5ccccc5c41)B32. The van der Waals surface area contributed by atoms with Gasteiger partial charge in [-0.05, 0) is 66.9 Å². The Morgan fingerprint density at radius 1 is 0.367 bits per heavy atom. The van der Waals surface area contributed by atoms with E-state index in [1.165, 1.54) is 114 Å². The molecular formula is C46H25BN2. The molecule has 2 aliphatic rings. The van der Waals surface area contributed by atoms with Crippen LogP contribution in [0.15, 0.2) is 152 Å². The van der Waals surface area contributed by atoms with Crippen LogP contribution in [0, 0.1) is 0 Å². The van der Waals surface area contributed by atoms with E-state index in [0.717, 1.165) is 0 Å². The van der Waals surface area contributed by atoms with E-state index < -0.39 is 0 Å². The Morgan fingerprint density at radius 2 is 0.918 bits per heavy atom. The van der Waals surface area contributed by atoms with Crippen LogP contribution in [-0.4, -0.2) is 15.8 Å². The van der Waals surface area contributed by atoms with E-state index in [1.54, 1.807) is 0 Å². The lowest BCUT2D eigenvalue weighted by Gasteiger charge is -2.34. The Morgan fingerprint density at radius 3 is 1.69 bits per heavy atom. The van der Waals surface area contributed by atoms with Gasteiger partial charge in [-0.25, -0.2) is 0 Å². The third kappa shape index (κ3) is 2.78. The van der Waals surface area contributed by atoms with Crippen LogP contribution >= 0.6 is 0 Å². The van der Waals surface area contributed by atoms with Crippen LogP contribution in [0.25, 0.3) is 98.1 Å². The molecule has 0 radical (unpaired) electrons. The summed E-state index contributed by atoms with van der Waals surface area (Å²) in [4.78, 5) is 0. The summed E-state index contributed by atoms with van der Waals surface area (Å²) in [6.45, 7) is 0.113. The third-order valence-electron chi connectivity index (χ3n) is 11.8. The molecule has 0 unspecified atom stereocenters. The Kier molecular flexibility index (Phi) is 4.25. The zero-order chi connectivity index (χ0) is 31.5. The zero-order valence-electron chi connectivity index (χ0n) is 26.4. The Balaban J connectivity index is 1.33. The minimum absolute atomic E-state index is 0.113. The maximum atomic E-state index is 2.64. The Labute approximate surface area is 281 Å². The van der Waals surface area contributed by atoms with Crippen molar-refractivity contribution in [2.24, 2.45) is 0 Å². The highest BCUT2D eigenvalue weighted by Gasteiger charge is 2.41. The van der Waals surface area contributed by atoms with Gasteiger partial charge in [-0.3, -0.25) is 0 Å². The summed E-state index contributed by atoms with van der Waals surface area (Å²) in [5, 5.41) is 15.7. The van der Waals surface area contributed by atoms with Gasteiger partial charge >= 0.3 is 0 Å². The van der Waals surface area contributed by atoms with Crippen LogP contribution in [0.3, 0.4) is 0 Å². The van der Waals surface area contributed by atoms with E-state index in [0.29, 0.717) is 0 Å². The van der Waals surface area contributed by atoms with E-state index in [4.69, 9.17) is 0 Å². The van der Waals surface area contributed by atoms with Gasteiger partial charge in [0.25, 0.3) is 6.71 Å². The van der Waals surface area contributed by atoms with Crippen LogP contribution in [0.2, 0.25) is 0 Å². The summed E-state index contributed by atoms with van der Waals surface area (Å²) >= 11 is 0. The molecule has 49 heavy (non-hydrogen) atoms. The molecule has 4 heterocycles. The number of benzene rings is 9. The second kappa shape index (κ2) is 8.39. The highest BCUT2D eigenvalue weighted by atomic mass is 15.0. The topological polar surface area (TPSA) is 9.86 Å². The minimum atomic E-state index is 0.113. The summed E-state index contributed by atoms with van der Waals surface area (Å²) < 4.78 is 5.26. The van der Waals surface area contributed by atoms with E-state index in [2.05, 4.69) is 161 Å². The molecule has 0 aliphatic carbocycles. The van der Waals surface area contributed by atoms with Crippen molar-refractivity contribution < 1.29 is 0 Å². The predicted molar refractivity (Wildman–Crippen MR) is 210 cm³/mol. The van der Waals surface area contributed by atoms with Gasteiger partial charge in [-0.15, -0.1) is 0 Å². The van der Waals surface area contributed by atoms with Crippen molar-refractivity contribution in [1.29, 1.82) is 0 Å². The molecule has 0 bridgehead atoms. The van der Waals surface area contributed by atoms with Crippen LogP contribution < -0.4 is 16.4 Å². The fourth-order valence-electron chi connectivity index (χ4n) is 9.99. The van der Waals surface area contributed by atoms with E-state index in [1.807, 2.05) is 0 Å². The lowest BCUT2D eigenvalue weighted by Crippen LogP contribution is -2.59. The van der Waals surface area contributed by atoms with Crippen LogP contribution in [0.4, 0.5) is 0 Å². The fraction of sp³-hybridized carbons (Fsp3) is 0. The molecule has 2 aromatic heterocycles. The first-order chi connectivity index (χ1) is 24.3. The first kappa shape index (κ1) is 24.8. The molecule has 11 aromatic rings. The molecule has 222 valence electrons. The third-order valence-corrected chi connectivity index (χ3v) is 11.8. The van der Waals surface area contributed by atoms with Gasteiger partial charge in [0.15, 0.2) is 0 Å². The molecule has 2 aliphatic heterocycles. The smallest absolute Gasteiger partial charge is 0.252 e. The first-order valence-corrected chi connectivity index (χ1v) is 17.2. The molecule has 0 spiro atoms. The summed E-state index contributed by atoms with van der Waals surface area (Å²) in [5.41, 5.74) is 12.1. The zero-order valence-corrected chi connectivity index (χ0v) is 26.4. The molecule has 2 nitrogen and oxygen atoms in total. The summed E-state index contributed by atoms with van der Waals surface area (Å²) in [6, 6.07) is 57.2. The average Bonchev–Trinajstić information content (AvgIpc) is 3.68. The minimum Gasteiger partial charge on any atom is -0.310 e. The van der Waals surface area contributed by atoms with Crippen molar-refractivity contribution in [3.8, 4) is 11.4 Å². The molecule has 0 N–H and O–H groups in total. The van der Waals surface area contributed by atoms with Crippen molar-refractivity contribution in [2.75, 3.05) is 0 Å². The molecule has 0 saturated heterocycles. The highest BCUT2D eigenvalue weighted by Crippen LogP contribution is 2.45. The van der Waals surface area contributed by atoms with Crippen LogP contribution in [0.5, 0.6) is 0 Å². The predicted octanol–water partition coefficient (Wildman–Crippen LogP) is 9.64. The van der Waals surface area contributed by atoms with Crippen LogP contribution in [0.1, 0.15) is 0 Å². The highest BCUT2D eigenvalue weighted by molar-refractivity contribution is 7.00. The number of hydrogen-bond donors (Lipinski definition) is 0. The average molecular weight is 617 g/mol. The maximum Gasteiger partial charge on any atom is 0.252 e. The quantitative estimate of drug-likeness (QED) is 0.119. The molecule has 0 saturated carbocycles. The molecule has 0 atom stereocenters. The van der Waals surface area contributed by atoms with Crippen molar-refractivity contribution in [3.63, 3.8) is 0 Å². The van der Waals surface area contributed by atoms with Crippen molar-refractivity contribution >= 4 is 110 Å². The molecule has 0 amide bonds. The van der Waals surface area contributed by atoms with E-state index in [-0.39, 0.29) is 6.71 Å². The number of rotatable bonds is 0. The molecule has 13 rings (SSSR count). The summed E-state index contributed by atoms with van der Waals surface area (Å²) in [7, 11) is 0. The van der Waals surface area contributed by atoms with Gasteiger partial charge in [0.1, 0.15) is 0 Å². The largest absolute Gasteiger partial charge is 0.310 e. The second-order valence-electron chi connectivity index (χ2n) is 14.0. The lowest BCUT2D eigenvalue weighted by atomic mass is 9.34. The van der Waals surface area contributed by atoms with Gasteiger partial charge in [-0.2, -0.15) is 0 Å². The van der Waals surface area contributed by atoms with Gasteiger partial charge < -0.3 is 9.13 Å². The normalized spacial score (nSPS) is 13.3. The summed E-state index contributed by atoms with van der Waals surface area (Å²) in [5.74, 6) is 0. The van der Waals surface area contributed by atoms with Crippen molar-refractivity contribution in [2.45, 2.75) is 0 Å². The monoisotopic (exact) mass is 616 g/mol. The number of hydrogen-bond acceptors (Lipinski definition) is 0. The molecule has 9 aromatic carbocycles. The fourth-order valence-corrected chi connectivity index (χ4v) is 9.99. The first-order valence-electron chi connectivity index (χ1n) is 17.2. The number of nitrogens with zero attached hydrogens (tertiary/aromatic N) is 2. The van der Waals surface area contributed by atoms with Crippen molar-refractivity contribution in [3.05, 3.63) is 152 Å². The van der Waals surface area contributed by atoms with E-state index in [9.17, 15) is 0 Å². The second-order valence-corrected chi connectivity index (χ2v) is 14.0. The maximum absolute atomic E-state index is 2.64. The number of para-hydroxylation sites is 2. The van der Waals surface area contributed by atoms with Gasteiger partial charge in [0.2, 0.25) is 0 Å². The van der Waals surface area contributed by atoms with E-state index >= 15 is 0 Å². The van der Waals surface area contributed by atoms with Crippen LogP contribution in [-0.2, 0) is 0 Å². The molecular weight excluding hydrogens is 591 g/mol.